The number of hydrogen-bond acceptors (Lipinski definition) is 3. The van der Waals surface area contributed by atoms with Crippen molar-refractivity contribution in [2.45, 2.75) is 18.6 Å². The Morgan fingerprint density at radius 3 is 2.15 bits per heavy atom. The van der Waals surface area contributed by atoms with Crippen molar-refractivity contribution in [3.05, 3.63) is 181 Å². The Kier molecular flexibility index (Phi) is 6.86. The molecule has 1 aromatic heterocycles. The van der Waals surface area contributed by atoms with Gasteiger partial charge in [-0.1, -0.05) is 152 Å². The summed E-state index contributed by atoms with van der Waals surface area (Å²) < 4.78 is 2.53. The minimum Gasteiger partial charge on any atom is -0.333 e. The number of benzene rings is 6. The molecule has 2 unspecified atom stereocenters. The Balaban J connectivity index is 1.13. The third kappa shape index (κ3) is 4.76. The van der Waals surface area contributed by atoms with Gasteiger partial charge in [0.1, 0.15) is 12.0 Å². The summed E-state index contributed by atoms with van der Waals surface area (Å²) in [6.45, 7) is 0. The number of nitrogens with zero attached hydrogens (tertiary/aromatic N) is 4. The third-order valence-electron chi connectivity index (χ3n) is 9.75. The van der Waals surface area contributed by atoms with Gasteiger partial charge in [-0.3, -0.25) is 0 Å². The number of fused-ring (bicyclic) bond motifs is 5. The fraction of sp³-hybridized carbons (Fsp3) is 0.0909. The predicted octanol–water partition coefficient (Wildman–Crippen LogP) is 10.5. The van der Waals surface area contributed by atoms with Gasteiger partial charge >= 0.3 is 0 Å². The number of hydrogen-bond donors (Lipinski definition) is 0. The minimum atomic E-state index is -0.190. The van der Waals surface area contributed by atoms with E-state index >= 15 is 0 Å². The fourth-order valence-electron chi connectivity index (χ4n) is 7.40. The first-order chi connectivity index (χ1) is 23.7. The molecule has 2 atom stereocenters. The molecule has 6 aromatic carbocycles. The summed E-state index contributed by atoms with van der Waals surface area (Å²) in [4.78, 5) is 12.7. The van der Waals surface area contributed by atoms with Gasteiger partial charge in [-0.15, -0.1) is 0 Å². The zero-order chi connectivity index (χ0) is 32.0. The Bertz CT molecular complexity index is 2450. The molecule has 0 saturated carbocycles. The molecule has 48 heavy (non-hydrogen) atoms. The van der Waals surface area contributed by atoms with Crippen molar-refractivity contribution < 1.29 is 0 Å². The van der Waals surface area contributed by atoms with E-state index in [9.17, 15) is 0 Å². The van der Waals surface area contributed by atoms with Crippen LogP contribution in [0.25, 0.3) is 43.7 Å². The fourth-order valence-corrected chi connectivity index (χ4v) is 7.40. The van der Waals surface area contributed by atoms with Crippen molar-refractivity contribution >= 4 is 44.2 Å². The van der Waals surface area contributed by atoms with Crippen molar-refractivity contribution in [3.63, 3.8) is 0 Å². The molecular formula is C44H34N4. The molecule has 2 aliphatic rings. The second-order valence-corrected chi connectivity index (χ2v) is 12.6. The molecule has 0 radical (unpaired) electrons. The smallest absolute Gasteiger partial charge is 0.159 e. The van der Waals surface area contributed by atoms with Gasteiger partial charge in [-0.05, 0) is 40.6 Å². The summed E-state index contributed by atoms with van der Waals surface area (Å²) >= 11 is 0. The van der Waals surface area contributed by atoms with Crippen LogP contribution in [0.15, 0.2) is 179 Å². The highest BCUT2D eigenvalue weighted by Gasteiger charge is 2.28. The number of amidine groups is 2. The molecule has 1 aliphatic heterocycles. The van der Waals surface area contributed by atoms with Crippen LogP contribution >= 0.6 is 0 Å². The monoisotopic (exact) mass is 618 g/mol. The standard InChI is InChI=1S/C44H34N4/c1-47-43(33-16-6-3-7-17-33)45-42(46-44(47)35-19-12-18-34(29-35)30-13-4-2-5-14-30)32-23-26-36(27-24-32)48-40-22-11-10-21-38(40)39-28-25-31-15-8-9-20-37(31)41(39)48/h2-26,28-29,36,43H,27H2,1H3. The lowest BCUT2D eigenvalue weighted by Gasteiger charge is -2.33. The Hall–Kier alpha value is -6.00. The predicted molar refractivity (Wildman–Crippen MR) is 201 cm³/mol. The average molecular weight is 619 g/mol. The lowest BCUT2D eigenvalue weighted by molar-refractivity contribution is 0.383. The van der Waals surface area contributed by atoms with Gasteiger partial charge in [0, 0.05) is 39.9 Å². The maximum atomic E-state index is 5.27. The van der Waals surface area contributed by atoms with Crippen LogP contribution in [0.1, 0.15) is 29.8 Å². The van der Waals surface area contributed by atoms with Crippen LogP contribution in [0.3, 0.4) is 0 Å². The number of aliphatic imine (C=N–C) groups is 2. The molecule has 4 nitrogen and oxygen atoms in total. The maximum Gasteiger partial charge on any atom is 0.159 e. The Morgan fingerprint density at radius 1 is 0.625 bits per heavy atom. The van der Waals surface area contributed by atoms with E-state index in [1.54, 1.807) is 0 Å². The van der Waals surface area contributed by atoms with Gasteiger partial charge in [-0.2, -0.15) is 0 Å². The summed E-state index contributed by atoms with van der Waals surface area (Å²) in [5.74, 6) is 1.68. The quantitative estimate of drug-likeness (QED) is 0.189. The van der Waals surface area contributed by atoms with Crippen LogP contribution in [0.5, 0.6) is 0 Å². The number of allylic oxidation sites excluding steroid dienone is 2. The highest BCUT2D eigenvalue weighted by Crippen LogP contribution is 2.39. The van der Waals surface area contributed by atoms with Crippen molar-refractivity contribution in [2.24, 2.45) is 9.98 Å². The van der Waals surface area contributed by atoms with E-state index in [0.717, 1.165) is 34.8 Å². The van der Waals surface area contributed by atoms with E-state index in [1.165, 1.54) is 43.7 Å². The largest absolute Gasteiger partial charge is 0.333 e. The van der Waals surface area contributed by atoms with E-state index in [2.05, 4.69) is 180 Å². The van der Waals surface area contributed by atoms with Crippen molar-refractivity contribution in [1.29, 1.82) is 0 Å². The highest BCUT2D eigenvalue weighted by atomic mass is 15.3. The molecule has 9 rings (SSSR count). The summed E-state index contributed by atoms with van der Waals surface area (Å²) in [5.41, 5.74) is 8.18. The van der Waals surface area contributed by atoms with E-state index in [0.29, 0.717) is 0 Å². The topological polar surface area (TPSA) is 32.9 Å². The molecule has 7 aromatic rings. The van der Waals surface area contributed by atoms with E-state index in [-0.39, 0.29) is 12.2 Å². The lowest BCUT2D eigenvalue weighted by Crippen LogP contribution is -2.35. The molecule has 0 fully saturated rings. The molecule has 2 heterocycles. The van der Waals surface area contributed by atoms with Crippen LogP contribution in [0.4, 0.5) is 0 Å². The minimum absolute atomic E-state index is 0.171. The van der Waals surface area contributed by atoms with Gasteiger partial charge in [0.25, 0.3) is 0 Å². The first kappa shape index (κ1) is 28.2. The molecule has 0 bridgehead atoms. The van der Waals surface area contributed by atoms with E-state index in [1.807, 2.05) is 0 Å². The third-order valence-corrected chi connectivity index (χ3v) is 9.75. The Labute approximate surface area is 280 Å². The first-order valence-electron chi connectivity index (χ1n) is 16.6. The zero-order valence-electron chi connectivity index (χ0n) is 26.7. The van der Waals surface area contributed by atoms with Crippen LogP contribution < -0.4 is 0 Å². The second-order valence-electron chi connectivity index (χ2n) is 12.6. The molecule has 0 N–H and O–H groups in total. The summed E-state index contributed by atoms with van der Waals surface area (Å²) in [6, 6.07) is 51.9. The molecular weight excluding hydrogens is 585 g/mol. The number of aromatic nitrogens is 1. The van der Waals surface area contributed by atoms with Gasteiger partial charge < -0.3 is 9.47 Å². The summed E-state index contributed by atoms with van der Waals surface area (Å²) in [5, 5.41) is 5.13. The van der Waals surface area contributed by atoms with Gasteiger partial charge in [0.15, 0.2) is 5.84 Å². The Morgan fingerprint density at radius 2 is 1.33 bits per heavy atom. The maximum absolute atomic E-state index is 5.27. The SMILES string of the molecule is CN1C(c2cccc(-c3ccccc3)c2)=NC(C2=CCC(n3c4ccccc4c4ccc5ccccc5c43)C=C2)=NC1c1ccccc1. The zero-order valence-corrected chi connectivity index (χ0v) is 26.7. The van der Waals surface area contributed by atoms with Crippen molar-refractivity contribution in [3.8, 4) is 11.1 Å². The van der Waals surface area contributed by atoms with Gasteiger partial charge in [0.2, 0.25) is 0 Å². The summed E-state index contributed by atoms with van der Waals surface area (Å²) in [6.07, 6.45) is 7.55. The number of para-hydroxylation sites is 1. The van der Waals surface area contributed by atoms with Crippen LogP contribution in [-0.4, -0.2) is 28.2 Å². The normalized spacial score (nSPS) is 17.9. The van der Waals surface area contributed by atoms with E-state index < -0.39 is 0 Å². The summed E-state index contributed by atoms with van der Waals surface area (Å²) in [7, 11) is 2.10. The first-order valence-corrected chi connectivity index (χ1v) is 16.6. The molecule has 4 heteroatoms. The lowest BCUT2D eigenvalue weighted by atomic mass is 9.99. The molecule has 0 amide bonds. The van der Waals surface area contributed by atoms with Crippen molar-refractivity contribution in [2.75, 3.05) is 7.05 Å². The molecule has 0 spiro atoms. The van der Waals surface area contributed by atoms with Gasteiger partial charge in [-0.25, -0.2) is 9.98 Å². The molecule has 0 saturated heterocycles. The van der Waals surface area contributed by atoms with Crippen LogP contribution in [0.2, 0.25) is 0 Å². The number of rotatable bonds is 5. The highest BCUT2D eigenvalue weighted by molar-refractivity contribution is 6.18. The average Bonchev–Trinajstić information content (AvgIpc) is 3.51. The van der Waals surface area contributed by atoms with Gasteiger partial charge in [0.05, 0.1) is 11.6 Å². The van der Waals surface area contributed by atoms with Crippen LogP contribution in [-0.2, 0) is 0 Å². The molecule has 230 valence electrons. The van der Waals surface area contributed by atoms with E-state index in [4.69, 9.17) is 9.98 Å². The van der Waals surface area contributed by atoms with Crippen molar-refractivity contribution in [1.82, 2.24) is 9.47 Å². The second kappa shape index (κ2) is 11.7. The van der Waals surface area contributed by atoms with Crippen LogP contribution in [0, 0.1) is 0 Å². The molecule has 1 aliphatic carbocycles.